The first-order chi connectivity index (χ1) is 3.83. The number of nitrogens with zero attached hydrogens (tertiary/aromatic N) is 1. The van der Waals surface area contributed by atoms with Crippen LogP contribution in [-0.4, -0.2) is 4.98 Å². The number of nitrogens with two attached hydrogens (primary N) is 1. The van der Waals surface area contributed by atoms with Crippen LogP contribution >= 0.6 is 11.3 Å². The van der Waals surface area contributed by atoms with E-state index in [1.54, 1.807) is 0 Å². The van der Waals surface area contributed by atoms with Gasteiger partial charge in [0.2, 0.25) is 0 Å². The number of anilines is 1. The summed E-state index contributed by atoms with van der Waals surface area (Å²) in [5, 5.41) is 2.55. The molecule has 1 rings (SSSR count). The van der Waals surface area contributed by atoms with Crippen LogP contribution in [0.2, 0.25) is 0 Å². The van der Waals surface area contributed by atoms with E-state index in [9.17, 15) is 0 Å². The van der Waals surface area contributed by atoms with Crippen molar-refractivity contribution in [2.45, 2.75) is 6.42 Å². The molecule has 0 aromatic carbocycles. The van der Waals surface area contributed by atoms with Gasteiger partial charge in [-0.25, -0.2) is 4.98 Å². The van der Waals surface area contributed by atoms with Gasteiger partial charge in [-0.05, 0) is 13.3 Å². The SMILES string of the molecule is [CH2]Cc1csc(N)n1. The Hall–Kier alpha value is -0.570. The predicted molar refractivity (Wildman–Crippen MR) is 35.6 cm³/mol. The molecule has 0 aliphatic rings. The Morgan fingerprint density at radius 2 is 2.62 bits per heavy atom. The fourth-order valence-corrected chi connectivity index (χ4v) is 1.03. The van der Waals surface area contributed by atoms with Crippen molar-refractivity contribution in [3.8, 4) is 0 Å². The molecule has 0 spiro atoms. The lowest BCUT2D eigenvalue weighted by atomic mass is 10.4. The van der Waals surface area contributed by atoms with Gasteiger partial charge in [-0.2, -0.15) is 0 Å². The highest BCUT2D eigenvalue weighted by molar-refractivity contribution is 7.13. The molecule has 0 unspecified atom stereocenters. The highest BCUT2D eigenvalue weighted by Crippen LogP contribution is 2.10. The summed E-state index contributed by atoms with van der Waals surface area (Å²) < 4.78 is 0. The highest BCUT2D eigenvalue weighted by atomic mass is 32.1. The average molecular weight is 127 g/mol. The summed E-state index contributed by atoms with van der Waals surface area (Å²) >= 11 is 1.46. The Morgan fingerprint density at radius 1 is 1.88 bits per heavy atom. The lowest BCUT2D eigenvalue weighted by Gasteiger charge is -1.79. The smallest absolute Gasteiger partial charge is 0.180 e. The van der Waals surface area contributed by atoms with E-state index >= 15 is 0 Å². The first kappa shape index (κ1) is 5.56. The third-order valence-corrected chi connectivity index (χ3v) is 1.55. The van der Waals surface area contributed by atoms with E-state index in [1.165, 1.54) is 11.3 Å². The fourth-order valence-electron chi connectivity index (χ4n) is 0.437. The molecule has 0 aliphatic heterocycles. The van der Waals surface area contributed by atoms with Crippen LogP contribution in [0.25, 0.3) is 0 Å². The Labute approximate surface area is 52.4 Å². The van der Waals surface area contributed by atoms with Crippen LogP contribution in [0.5, 0.6) is 0 Å². The minimum absolute atomic E-state index is 0.628. The summed E-state index contributed by atoms with van der Waals surface area (Å²) in [4.78, 5) is 3.96. The third kappa shape index (κ3) is 0.980. The lowest BCUT2D eigenvalue weighted by molar-refractivity contribution is 1.16. The van der Waals surface area contributed by atoms with Crippen molar-refractivity contribution in [3.05, 3.63) is 18.0 Å². The third-order valence-electron chi connectivity index (χ3n) is 0.826. The lowest BCUT2D eigenvalue weighted by Crippen LogP contribution is -1.83. The quantitative estimate of drug-likeness (QED) is 0.613. The molecule has 8 heavy (non-hydrogen) atoms. The van der Waals surface area contributed by atoms with E-state index in [1.807, 2.05) is 5.38 Å². The van der Waals surface area contributed by atoms with Gasteiger partial charge >= 0.3 is 0 Å². The summed E-state index contributed by atoms with van der Waals surface area (Å²) in [6, 6.07) is 0. The minimum Gasteiger partial charge on any atom is -0.375 e. The fraction of sp³-hybridized carbons (Fsp3) is 0.200. The minimum atomic E-state index is 0.628. The van der Waals surface area contributed by atoms with Crippen molar-refractivity contribution in [3.63, 3.8) is 0 Å². The second-order valence-corrected chi connectivity index (χ2v) is 2.32. The molecule has 2 nitrogen and oxygen atoms in total. The van der Waals surface area contributed by atoms with Crippen LogP contribution in [0.15, 0.2) is 5.38 Å². The number of thiazole rings is 1. The molecule has 0 atom stereocenters. The Balaban J connectivity index is 2.84. The van der Waals surface area contributed by atoms with Crippen LogP contribution in [0.3, 0.4) is 0 Å². The van der Waals surface area contributed by atoms with Crippen molar-refractivity contribution in [2.24, 2.45) is 0 Å². The van der Waals surface area contributed by atoms with Crippen molar-refractivity contribution in [1.29, 1.82) is 0 Å². The molecule has 2 N–H and O–H groups in total. The molecule has 1 radical (unpaired) electrons. The Bertz CT molecular complexity index is 171. The summed E-state index contributed by atoms with van der Waals surface area (Å²) in [5.41, 5.74) is 6.31. The monoisotopic (exact) mass is 127 g/mol. The molecule has 0 fully saturated rings. The van der Waals surface area contributed by atoms with Crippen LogP contribution in [-0.2, 0) is 6.42 Å². The number of nitrogen functional groups attached to an aromatic ring is 1. The van der Waals surface area contributed by atoms with Crippen LogP contribution in [0.1, 0.15) is 5.69 Å². The van der Waals surface area contributed by atoms with Crippen molar-refractivity contribution in [1.82, 2.24) is 4.98 Å². The van der Waals surface area contributed by atoms with Gasteiger partial charge in [-0.15, -0.1) is 11.3 Å². The topological polar surface area (TPSA) is 38.9 Å². The zero-order chi connectivity index (χ0) is 5.98. The molecule has 0 bridgehead atoms. The largest absolute Gasteiger partial charge is 0.375 e. The van der Waals surface area contributed by atoms with Gasteiger partial charge in [-0.3, -0.25) is 0 Å². The van der Waals surface area contributed by atoms with Crippen molar-refractivity contribution in [2.75, 3.05) is 5.73 Å². The summed E-state index contributed by atoms with van der Waals surface area (Å²) in [7, 11) is 0. The number of hydrogen-bond acceptors (Lipinski definition) is 3. The maximum absolute atomic E-state index is 5.33. The Morgan fingerprint density at radius 3 is 2.88 bits per heavy atom. The molecule has 1 aromatic rings. The van der Waals surface area contributed by atoms with Gasteiger partial charge < -0.3 is 5.73 Å². The second-order valence-electron chi connectivity index (χ2n) is 1.43. The number of aromatic nitrogens is 1. The first-order valence-corrected chi connectivity index (χ1v) is 3.20. The van der Waals surface area contributed by atoms with Crippen LogP contribution in [0, 0.1) is 6.92 Å². The van der Waals surface area contributed by atoms with E-state index in [4.69, 9.17) is 5.73 Å². The molecule has 1 aromatic heterocycles. The van der Waals surface area contributed by atoms with Gasteiger partial charge in [0.25, 0.3) is 0 Å². The predicted octanol–water partition coefficient (Wildman–Crippen LogP) is 1.10. The van der Waals surface area contributed by atoms with Crippen LogP contribution in [0.4, 0.5) is 5.13 Å². The van der Waals surface area contributed by atoms with E-state index in [0.717, 1.165) is 12.1 Å². The van der Waals surface area contributed by atoms with Gasteiger partial charge in [0.1, 0.15) is 0 Å². The first-order valence-electron chi connectivity index (χ1n) is 2.32. The molecule has 43 valence electrons. The van der Waals surface area contributed by atoms with Gasteiger partial charge in [-0.1, -0.05) is 0 Å². The van der Waals surface area contributed by atoms with E-state index < -0.39 is 0 Å². The van der Waals surface area contributed by atoms with Gasteiger partial charge in [0.15, 0.2) is 5.13 Å². The number of hydrogen-bond donors (Lipinski definition) is 1. The van der Waals surface area contributed by atoms with Gasteiger partial charge in [0, 0.05) is 5.38 Å². The van der Waals surface area contributed by atoms with Gasteiger partial charge in [0.05, 0.1) is 5.69 Å². The maximum Gasteiger partial charge on any atom is 0.180 e. The molecule has 0 saturated carbocycles. The summed E-state index contributed by atoms with van der Waals surface area (Å²) in [6.45, 7) is 3.66. The van der Waals surface area contributed by atoms with E-state index in [0.29, 0.717) is 5.13 Å². The van der Waals surface area contributed by atoms with E-state index in [2.05, 4.69) is 11.9 Å². The highest BCUT2D eigenvalue weighted by Gasteiger charge is 1.91. The zero-order valence-corrected chi connectivity index (χ0v) is 5.24. The number of rotatable bonds is 1. The Kier molecular flexibility index (Phi) is 1.48. The molecule has 0 amide bonds. The summed E-state index contributed by atoms with van der Waals surface area (Å²) in [5.74, 6) is 0. The normalized spacial score (nSPS) is 9.62. The molecule has 1 heterocycles. The van der Waals surface area contributed by atoms with Crippen molar-refractivity contribution >= 4 is 16.5 Å². The molecular weight excluding hydrogens is 120 g/mol. The van der Waals surface area contributed by atoms with Crippen molar-refractivity contribution < 1.29 is 0 Å². The van der Waals surface area contributed by atoms with Crippen LogP contribution < -0.4 is 5.73 Å². The molecular formula is C5H7N2S. The standard InChI is InChI=1S/C5H7N2S/c1-2-4-3-8-5(6)7-4/h3H,1-2H2,(H2,6,7). The summed E-state index contributed by atoms with van der Waals surface area (Å²) in [6.07, 6.45) is 0.730. The van der Waals surface area contributed by atoms with E-state index in [-0.39, 0.29) is 0 Å². The second kappa shape index (κ2) is 2.13. The maximum atomic E-state index is 5.33. The average Bonchev–Trinajstić information content (AvgIpc) is 2.14. The molecule has 3 heteroatoms. The molecule has 0 saturated heterocycles. The molecule has 0 aliphatic carbocycles. The zero-order valence-electron chi connectivity index (χ0n) is 4.42.